The van der Waals surface area contributed by atoms with E-state index < -0.39 is 0 Å². The van der Waals surface area contributed by atoms with E-state index in [4.69, 9.17) is 4.74 Å². The van der Waals surface area contributed by atoms with Crippen LogP contribution in [0.3, 0.4) is 0 Å². The summed E-state index contributed by atoms with van der Waals surface area (Å²) >= 11 is 3.33. The van der Waals surface area contributed by atoms with Crippen LogP contribution in [0.2, 0.25) is 0 Å². The topological polar surface area (TPSA) is 58.6 Å². The monoisotopic (exact) mass is 363 g/mol. The lowest BCUT2D eigenvalue weighted by Crippen LogP contribution is -2.21. The number of aryl methyl sites for hydroxylation is 2. The summed E-state index contributed by atoms with van der Waals surface area (Å²) in [4.78, 5) is 12.0. The number of carbonyl (C=O) groups is 1. The van der Waals surface area contributed by atoms with Gasteiger partial charge in [0.2, 0.25) is 0 Å². The Morgan fingerprint density at radius 3 is 2.55 bits per heavy atom. The SMILES string of the molecule is Cc1cccc(C)c1NC(=O)COc1ccc(Br)cc1CO. The molecule has 5 heteroatoms. The van der Waals surface area contributed by atoms with E-state index in [0.29, 0.717) is 11.3 Å². The van der Waals surface area contributed by atoms with Crippen LogP contribution in [0.5, 0.6) is 5.75 Å². The predicted octanol–water partition coefficient (Wildman–Crippen LogP) is 3.58. The summed E-state index contributed by atoms with van der Waals surface area (Å²) in [6, 6.07) is 11.1. The summed E-state index contributed by atoms with van der Waals surface area (Å²) in [5, 5.41) is 12.2. The number of benzene rings is 2. The van der Waals surface area contributed by atoms with Gasteiger partial charge >= 0.3 is 0 Å². The number of aliphatic hydroxyl groups excluding tert-OH is 1. The van der Waals surface area contributed by atoms with Crippen LogP contribution in [-0.2, 0) is 11.4 Å². The van der Waals surface area contributed by atoms with Crippen LogP contribution in [0, 0.1) is 13.8 Å². The summed E-state index contributed by atoms with van der Waals surface area (Å²) in [5.74, 6) is 0.270. The van der Waals surface area contributed by atoms with E-state index in [0.717, 1.165) is 21.3 Å². The van der Waals surface area contributed by atoms with Crippen LogP contribution in [0.1, 0.15) is 16.7 Å². The zero-order valence-corrected chi connectivity index (χ0v) is 14.1. The Morgan fingerprint density at radius 2 is 1.91 bits per heavy atom. The van der Waals surface area contributed by atoms with Gasteiger partial charge in [-0.15, -0.1) is 0 Å². The number of rotatable bonds is 5. The first-order valence-electron chi connectivity index (χ1n) is 6.89. The minimum Gasteiger partial charge on any atom is -0.483 e. The fraction of sp³-hybridized carbons (Fsp3) is 0.235. The molecule has 2 aromatic carbocycles. The Hall–Kier alpha value is -1.85. The second-order valence-corrected chi connectivity index (χ2v) is 5.93. The molecule has 0 saturated heterocycles. The lowest BCUT2D eigenvalue weighted by Gasteiger charge is -2.13. The summed E-state index contributed by atoms with van der Waals surface area (Å²) in [7, 11) is 0. The van der Waals surface area contributed by atoms with Crippen LogP contribution >= 0.6 is 15.9 Å². The van der Waals surface area contributed by atoms with E-state index in [1.807, 2.05) is 32.0 Å². The highest BCUT2D eigenvalue weighted by Crippen LogP contribution is 2.23. The molecule has 0 heterocycles. The Labute approximate surface area is 138 Å². The van der Waals surface area contributed by atoms with Crippen LogP contribution in [0.25, 0.3) is 0 Å². The highest BCUT2D eigenvalue weighted by atomic mass is 79.9. The first-order valence-corrected chi connectivity index (χ1v) is 7.68. The Morgan fingerprint density at radius 1 is 1.23 bits per heavy atom. The predicted molar refractivity (Wildman–Crippen MR) is 90.1 cm³/mol. The molecule has 116 valence electrons. The lowest BCUT2D eigenvalue weighted by atomic mass is 10.1. The Kier molecular flexibility index (Phi) is 5.57. The van der Waals surface area contributed by atoms with Gasteiger partial charge < -0.3 is 15.2 Å². The van der Waals surface area contributed by atoms with E-state index in [1.165, 1.54) is 0 Å². The first kappa shape index (κ1) is 16.5. The van der Waals surface area contributed by atoms with Gasteiger partial charge in [-0.3, -0.25) is 4.79 Å². The molecule has 1 amide bonds. The molecule has 0 fully saturated rings. The summed E-state index contributed by atoms with van der Waals surface area (Å²) in [6.45, 7) is 3.64. The second-order valence-electron chi connectivity index (χ2n) is 5.01. The number of anilines is 1. The van der Waals surface area contributed by atoms with Gasteiger partial charge in [0.05, 0.1) is 6.61 Å². The zero-order valence-electron chi connectivity index (χ0n) is 12.5. The average Bonchev–Trinajstić information content (AvgIpc) is 2.49. The molecule has 2 rings (SSSR count). The number of aliphatic hydroxyl groups is 1. The maximum absolute atomic E-state index is 12.0. The number of halogens is 1. The van der Waals surface area contributed by atoms with Crippen LogP contribution < -0.4 is 10.1 Å². The molecular weight excluding hydrogens is 346 g/mol. The Balaban J connectivity index is 2.02. The Bertz CT molecular complexity index is 665. The highest BCUT2D eigenvalue weighted by Gasteiger charge is 2.10. The van der Waals surface area contributed by atoms with Crippen molar-refractivity contribution in [1.82, 2.24) is 0 Å². The van der Waals surface area contributed by atoms with Gasteiger partial charge in [0.25, 0.3) is 5.91 Å². The van der Waals surface area contributed by atoms with Gasteiger partial charge in [-0.2, -0.15) is 0 Å². The summed E-state index contributed by atoms with van der Waals surface area (Å²) < 4.78 is 6.35. The summed E-state index contributed by atoms with van der Waals surface area (Å²) in [5.41, 5.74) is 3.46. The van der Waals surface area contributed by atoms with Crippen LogP contribution in [0.15, 0.2) is 40.9 Å². The van der Waals surface area contributed by atoms with Gasteiger partial charge in [-0.25, -0.2) is 0 Å². The van der Waals surface area contributed by atoms with Crippen LogP contribution in [-0.4, -0.2) is 17.6 Å². The van der Waals surface area contributed by atoms with Crippen molar-refractivity contribution in [3.8, 4) is 5.75 Å². The fourth-order valence-corrected chi connectivity index (χ4v) is 2.55. The molecule has 4 nitrogen and oxygen atoms in total. The number of hydrogen-bond acceptors (Lipinski definition) is 3. The maximum Gasteiger partial charge on any atom is 0.262 e. The molecule has 0 aliphatic carbocycles. The average molecular weight is 364 g/mol. The number of amides is 1. The van der Waals surface area contributed by atoms with E-state index in [9.17, 15) is 9.90 Å². The molecule has 0 atom stereocenters. The third-order valence-corrected chi connectivity index (χ3v) is 3.79. The summed E-state index contributed by atoms with van der Waals surface area (Å²) in [6.07, 6.45) is 0. The van der Waals surface area contributed by atoms with Crippen molar-refractivity contribution in [2.75, 3.05) is 11.9 Å². The second kappa shape index (κ2) is 7.42. The maximum atomic E-state index is 12.0. The number of nitrogens with one attached hydrogen (secondary N) is 1. The molecule has 2 aromatic rings. The first-order chi connectivity index (χ1) is 10.5. The third kappa shape index (κ3) is 4.08. The van der Waals surface area contributed by atoms with Crippen molar-refractivity contribution in [2.45, 2.75) is 20.5 Å². The van der Waals surface area contributed by atoms with Crippen molar-refractivity contribution in [3.05, 3.63) is 57.6 Å². The third-order valence-electron chi connectivity index (χ3n) is 3.30. The number of hydrogen-bond donors (Lipinski definition) is 2. The van der Waals surface area contributed by atoms with E-state index in [1.54, 1.807) is 18.2 Å². The molecule has 0 radical (unpaired) electrons. The van der Waals surface area contributed by atoms with Gasteiger partial charge in [0.15, 0.2) is 6.61 Å². The number of ether oxygens (including phenoxy) is 1. The molecular formula is C17H18BrNO3. The van der Waals surface area contributed by atoms with Crippen molar-refractivity contribution in [3.63, 3.8) is 0 Å². The van der Waals surface area contributed by atoms with Gasteiger partial charge in [-0.05, 0) is 43.2 Å². The van der Waals surface area contributed by atoms with E-state index >= 15 is 0 Å². The fourth-order valence-electron chi connectivity index (χ4n) is 2.14. The van der Waals surface area contributed by atoms with Crippen molar-refractivity contribution in [2.24, 2.45) is 0 Å². The molecule has 0 aliphatic heterocycles. The molecule has 0 unspecified atom stereocenters. The van der Waals surface area contributed by atoms with Crippen molar-refractivity contribution < 1.29 is 14.6 Å². The molecule has 2 N–H and O–H groups in total. The molecule has 0 saturated carbocycles. The number of para-hydroxylation sites is 1. The largest absolute Gasteiger partial charge is 0.483 e. The molecule has 0 aliphatic rings. The minimum atomic E-state index is -0.232. The lowest BCUT2D eigenvalue weighted by molar-refractivity contribution is -0.118. The van der Waals surface area contributed by atoms with Crippen molar-refractivity contribution in [1.29, 1.82) is 0 Å². The van der Waals surface area contributed by atoms with Crippen molar-refractivity contribution >= 4 is 27.5 Å². The molecule has 0 spiro atoms. The molecule has 0 aromatic heterocycles. The molecule has 22 heavy (non-hydrogen) atoms. The molecule has 0 bridgehead atoms. The normalized spacial score (nSPS) is 10.4. The van der Waals surface area contributed by atoms with E-state index in [2.05, 4.69) is 21.2 Å². The highest BCUT2D eigenvalue weighted by molar-refractivity contribution is 9.10. The van der Waals surface area contributed by atoms with Gasteiger partial charge in [0.1, 0.15) is 5.75 Å². The van der Waals surface area contributed by atoms with Gasteiger partial charge in [-0.1, -0.05) is 34.1 Å². The standard InChI is InChI=1S/C17H18BrNO3/c1-11-4-3-5-12(2)17(11)19-16(21)10-22-15-7-6-14(18)8-13(15)9-20/h3-8,20H,9-10H2,1-2H3,(H,19,21). The zero-order chi connectivity index (χ0) is 16.1. The number of carbonyl (C=O) groups excluding carboxylic acids is 1. The smallest absolute Gasteiger partial charge is 0.262 e. The van der Waals surface area contributed by atoms with Crippen LogP contribution in [0.4, 0.5) is 5.69 Å². The quantitative estimate of drug-likeness (QED) is 0.853. The van der Waals surface area contributed by atoms with Gasteiger partial charge in [0, 0.05) is 15.7 Å². The minimum absolute atomic E-state index is 0.109. The van der Waals surface area contributed by atoms with E-state index in [-0.39, 0.29) is 19.1 Å².